The fourth-order valence-electron chi connectivity index (χ4n) is 1.43. The van der Waals surface area contributed by atoms with E-state index >= 15 is 0 Å². The van der Waals surface area contributed by atoms with E-state index in [1.807, 2.05) is 0 Å². The zero-order valence-electron chi connectivity index (χ0n) is 9.07. The molecular weight excluding hydrogens is 264 g/mol. The molecule has 98 valence electrons. The summed E-state index contributed by atoms with van der Waals surface area (Å²) in [5.41, 5.74) is -1.50. The molecule has 0 fully saturated rings. The lowest BCUT2D eigenvalue weighted by atomic mass is 10.1. The monoisotopic (exact) mass is 274 g/mol. The molecule has 8 nitrogen and oxygen atoms in total. The first-order chi connectivity index (χ1) is 8.30. The average Bonchev–Trinajstić information content (AvgIpc) is 2.22. The van der Waals surface area contributed by atoms with E-state index in [9.17, 15) is 18.3 Å². The number of rotatable bonds is 4. The fourth-order valence-corrected chi connectivity index (χ4v) is 2.05. The van der Waals surface area contributed by atoms with E-state index in [-0.39, 0.29) is 12.1 Å². The van der Waals surface area contributed by atoms with Crippen LogP contribution in [0.4, 0.5) is 0 Å². The van der Waals surface area contributed by atoms with Crippen LogP contribution in [0.5, 0.6) is 5.88 Å². The number of nitriles is 1. The van der Waals surface area contributed by atoms with Crippen molar-refractivity contribution in [3.63, 3.8) is 0 Å². The van der Waals surface area contributed by atoms with Crippen LogP contribution in [0.25, 0.3) is 0 Å². The molecular formula is C9H10N2O6S. The number of aliphatic hydroxyl groups excluding tert-OH is 1. The van der Waals surface area contributed by atoms with E-state index in [0.717, 1.165) is 10.6 Å². The average molecular weight is 274 g/mol. The minimum atomic E-state index is -4.43. The molecule has 1 aromatic heterocycles. The van der Waals surface area contributed by atoms with Crippen molar-refractivity contribution in [2.45, 2.75) is 12.3 Å². The maximum absolute atomic E-state index is 11.5. The number of pyridine rings is 1. The van der Waals surface area contributed by atoms with Gasteiger partial charge in [0.15, 0.2) is 0 Å². The van der Waals surface area contributed by atoms with Gasteiger partial charge < -0.3 is 10.2 Å². The van der Waals surface area contributed by atoms with E-state index in [1.165, 1.54) is 0 Å². The van der Waals surface area contributed by atoms with Crippen molar-refractivity contribution in [2.75, 3.05) is 6.61 Å². The number of aliphatic hydroxyl groups is 1. The third kappa shape index (κ3) is 3.07. The molecule has 0 amide bonds. The summed E-state index contributed by atoms with van der Waals surface area (Å²) in [6, 6.07) is 2.37. The SMILES string of the molecule is N#Cc1c(CS(=O)(=O)O)cc(=O)n(CCO)c1O. The molecule has 0 saturated carbocycles. The topological polar surface area (TPSA) is 141 Å². The van der Waals surface area contributed by atoms with Crippen LogP contribution in [0, 0.1) is 11.3 Å². The van der Waals surface area contributed by atoms with Crippen LogP contribution < -0.4 is 5.56 Å². The van der Waals surface area contributed by atoms with Crippen LogP contribution in [0.2, 0.25) is 0 Å². The highest BCUT2D eigenvalue weighted by molar-refractivity contribution is 7.85. The summed E-state index contributed by atoms with van der Waals surface area (Å²) in [4.78, 5) is 11.5. The molecule has 9 heteroatoms. The van der Waals surface area contributed by atoms with Crippen molar-refractivity contribution >= 4 is 10.1 Å². The van der Waals surface area contributed by atoms with Crippen LogP contribution in [0.15, 0.2) is 10.9 Å². The first-order valence-electron chi connectivity index (χ1n) is 4.72. The molecule has 3 N–H and O–H groups in total. The Morgan fingerprint density at radius 2 is 2.06 bits per heavy atom. The van der Waals surface area contributed by atoms with E-state index in [4.69, 9.17) is 14.9 Å². The van der Waals surface area contributed by atoms with Crippen LogP contribution >= 0.6 is 0 Å². The second-order valence-electron chi connectivity index (χ2n) is 3.42. The van der Waals surface area contributed by atoms with Gasteiger partial charge in [0.05, 0.1) is 13.2 Å². The largest absolute Gasteiger partial charge is 0.493 e. The van der Waals surface area contributed by atoms with Gasteiger partial charge in [-0.25, -0.2) is 0 Å². The van der Waals surface area contributed by atoms with Crippen molar-refractivity contribution in [3.8, 4) is 11.9 Å². The summed E-state index contributed by atoms with van der Waals surface area (Å²) in [6.45, 7) is -0.665. The molecule has 0 aliphatic rings. The molecule has 1 aromatic rings. The van der Waals surface area contributed by atoms with Gasteiger partial charge in [-0.1, -0.05) is 0 Å². The van der Waals surface area contributed by atoms with E-state index in [2.05, 4.69) is 0 Å². The van der Waals surface area contributed by atoms with Crippen molar-refractivity contribution < 1.29 is 23.2 Å². The lowest BCUT2D eigenvalue weighted by molar-refractivity contribution is 0.263. The maximum Gasteiger partial charge on any atom is 0.269 e. The van der Waals surface area contributed by atoms with Crippen molar-refractivity contribution in [1.29, 1.82) is 5.26 Å². The van der Waals surface area contributed by atoms with Gasteiger partial charge in [0.1, 0.15) is 17.4 Å². The van der Waals surface area contributed by atoms with Crippen molar-refractivity contribution in [2.24, 2.45) is 0 Å². The highest BCUT2D eigenvalue weighted by Crippen LogP contribution is 2.19. The van der Waals surface area contributed by atoms with E-state index < -0.39 is 39.5 Å². The Morgan fingerprint density at radius 1 is 1.44 bits per heavy atom. The highest BCUT2D eigenvalue weighted by atomic mass is 32.2. The molecule has 0 atom stereocenters. The number of hydrogen-bond donors (Lipinski definition) is 3. The Balaban J connectivity index is 3.49. The molecule has 0 unspecified atom stereocenters. The Kier molecular flexibility index (Phi) is 4.07. The summed E-state index contributed by atoms with van der Waals surface area (Å²) in [5, 5.41) is 27.1. The maximum atomic E-state index is 11.5. The zero-order valence-corrected chi connectivity index (χ0v) is 9.88. The summed E-state index contributed by atoms with van der Waals surface area (Å²) < 4.78 is 30.8. The standard InChI is InChI=1S/C9H10N2O6S/c10-4-7-6(5-18(15,16)17)3-8(13)11(1-2-12)9(7)14/h3,12,14H,1-2,5H2,(H,15,16,17). The third-order valence-electron chi connectivity index (χ3n) is 2.14. The Morgan fingerprint density at radius 3 is 2.50 bits per heavy atom. The molecule has 18 heavy (non-hydrogen) atoms. The van der Waals surface area contributed by atoms with E-state index in [0.29, 0.717) is 0 Å². The van der Waals surface area contributed by atoms with Gasteiger partial charge in [0.25, 0.3) is 15.7 Å². The zero-order chi connectivity index (χ0) is 13.9. The van der Waals surface area contributed by atoms with Crippen molar-refractivity contribution in [1.82, 2.24) is 4.57 Å². The molecule has 0 saturated heterocycles. The van der Waals surface area contributed by atoms with Gasteiger partial charge in [-0.05, 0) is 5.56 Å². The van der Waals surface area contributed by atoms with Crippen LogP contribution in [0.1, 0.15) is 11.1 Å². The Bertz CT molecular complexity index is 655. The number of hydrogen-bond acceptors (Lipinski definition) is 6. The molecule has 0 radical (unpaired) electrons. The molecule has 0 aliphatic heterocycles. The molecule has 1 heterocycles. The van der Waals surface area contributed by atoms with Crippen molar-refractivity contribution in [3.05, 3.63) is 27.5 Å². The fraction of sp³-hybridized carbons (Fsp3) is 0.333. The predicted octanol–water partition coefficient (Wildman–Crippen LogP) is -1.19. The van der Waals surface area contributed by atoms with Gasteiger partial charge in [-0.15, -0.1) is 0 Å². The van der Waals surface area contributed by atoms with Crippen LogP contribution in [-0.2, 0) is 22.4 Å². The van der Waals surface area contributed by atoms with Crippen LogP contribution in [0.3, 0.4) is 0 Å². The van der Waals surface area contributed by atoms with Crippen LogP contribution in [-0.4, -0.2) is 34.4 Å². The minimum absolute atomic E-state index is 0.231. The van der Waals surface area contributed by atoms with Gasteiger partial charge >= 0.3 is 0 Å². The summed E-state index contributed by atoms with van der Waals surface area (Å²) >= 11 is 0. The number of nitrogens with zero attached hydrogens (tertiary/aromatic N) is 2. The lowest BCUT2D eigenvalue weighted by Crippen LogP contribution is -2.23. The van der Waals surface area contributed by atoms with E-state index in [1.54, 1.807) is 6.07 Å². The molecule has 0 spiro atoms. The number of aromatic hydroxyl groups is 1. The number of aromatic nitrogens is 1. The molecule has 1 rings (SSSR count). The van der Waals surface area contributed by atoms with Gasteiger partial charge in [-0.3, -0.25) is 13.9 Å². The highest BCUT2D eigenvalue weighted by Gasteiger charge is 2.18. The second kappa shape index (κ2) is 5.18. The van der Waals surface area contributed by atoms with Gasteiger partial charge in [0, 0.05) is 6.07 Å². The summed E-state index contributed by atoms with van der Waals surface area (Å²) in [5.74, 6) is -1.68. The third-order valence-corrected chi connectivity index (χ3v) is 2.81. The molecule has 0 aromatic carbocycles. The summed E-state index contributed by atoms with van der Waals surface area (Å²) in [6.07, 6.45) is 0. The lowest BCUT2D eigenvalue weighted by Gasteiger charge is -2.10. The molecule has 0 bridgehead atoms. The second-order valence-corrected chi connectivity index (χ2v) is 4.87. The first kappa shape index (κ1) is 14.2. The Hall–Kier alpha value is -1.89. The quantitative estimate of drug-likeness (QED) is 0.586. The predicted molar refractivity (Wildman–Crippen MR) is 59.4 cm³/mol. The normalized spacial score (nSPS) is 11.2. The minimum Gasteiger partial charge on any atom is -0.493 e. The van der Waals surface area contributed by atoms with Gasteiger partial charge in [0.2, 0.25) is 5.88 Å². The summed E-state index contributed by atoms with van der Waals surface area (Å²) in [7, 11) is -4.43. The smallest absolute Gasteiger partial charge is 0.269 e. The molecule has 0 aliphatic carbocycles. The first-order valence-corrected chi connectivity index (χ1v) is 6.33. The Labute approximate surface area is 102 Å². The van der Waals surface area contributed by atoms with Gasteiger partial charge in [-0.2, -0.15) is 13.7 Å².